The number of sulfone groups is 1. The number of rotatable bonds is 14. The number of amides is 1. The molecule has 0 aliphatic carbocycles. The van der Waals surface area contributed by atoms with Crippen LogP contribution < -0.4 is 10.6 Å². The average molecular weight is 622 g/mol. The molecule has 1 amide bonds. The number of para-hydroxylation sites is 2. The zero-order valence-corrected chi connectivity index (χ0v) is 25.4. The number of aromatic nitrogens is 1. The predicted octanol–water partition coefficient (Wildman–Crippen LogP) is 5.78. The fraction of sp³-hybridized carbons (Fsp3) is 0.258. The maximum atomic E-state index is 13.9. The Morgan fingerprint density at radius 2 is 1.55 bits per heavy atom. The molecule has 2 atom stereocenters. The van der Waals surface area contributed by atoms with E-state index in [0.717, 1.165) is 9.75 Å². The highest BCUT2D eigenvalue weighted by Gasteiger charge is 2.33. The van der Waals surface area contributed by atoms with Gasteiger partial charge in [-0.15, -0.1) is 22.7 Å². The minimum Gasteiger partial charge on any atom is -0.434 e. The summed E-state index contributed by atoms with van der Waals surface area (Å²) in [6, 6.07) is 21.2. The van der Waals surface area contributed by atoms with E-state index in [1.54, 1.807) is 48.5 Å². The molecular formula is C31H31N3O5S3. The van der Waals surface area contributed by atoms with Crippen LogP contribution in [0.1, 0.15) is 51.8 Å². The molecule has 2 N–H and O–H groups in total. The lowest BCUT2D eigenvalue weighted by atomic mass is 10.1. The first-order chi connectivity index (χ1) is 20.3. The van der Waals surface area contributed by atoms with Crippen LogP contribution in [0.25, 0.3) is 11.1 Å². The summed E-state index contributed by atoms with van der Waals surface area (Å²) >= 11 is 3.04. The van der Waals surface area contributed by atoms with E-state index < -0.39 is 45.4 Å². The monoisotopic (exact) mass is 621 g/mol. The fourth-order valence-electron chi connectivity index (χ4n) is 4.71. The normalized spacial score (nSPS) is 13.3. The maximum Gasteiger partial charge on any atom is 0.266 e. The lowest BCUT2D eigenvalue weighted by Gasteiger charge is -2.26. The van der Waals surface area contributed by atoms with Gasteiger partial charge in [0.05, 0.1) is 23.6 Å². The second-order valence-corrected chi connectivity index (χ2v) is 14.0. The largest absolute Gasteiger partial charge is 0.434 e. The van der Waals surface area contributed by atoms with E-state index in [0.29, 0.717) is 29.5 Å². The number of benzene rings is 2. The third-order valence-corrected chi connectivity index (χ3v) is 10.2. The Morgan fingerprint density at radius 3 is 2.17 bits per heavy atom. The molecule has 3 heterocycles. The molecule has 42 heavy (non-hydrogen) atoms. The molecule has 11 heteroatoms. The molecule has 5 aromatic rings. The predicted molar refractivity (Wildman–Crippen MR) is 167 cm³/mol. The van der Waals surface area contributed by atoms with Gasteiger partial charge in [0, 0.05) is 9.75 Å². The molecule has 0 aliphatic heterocycles. The van der Waals surface area contributed by atoms with E-state index in [1.807, 2.05) is 48.0 Å². The number of carbonyl (C=O) groups is 2. The Bertz CT molecular complexity index is 1650. The summed E-state index contributed by atoms with van der Waals surface area (Å²) in [5.74, 6) is -1.78. The molecule has 2 aromatic carbocycles. The molecule has 5 rings (SSSR count). The number of oxazole rings is 1. The van der Waals surface area contributed by atoms with E-state index in [4.69, 9.17) is 4.42 Å². The minimum absolute atomic E-state index is 0.0915. The molecule has 1 unspecified atom stereocenters. The first kappa shape index (κ1) is 29.8. The molecule has 0 bridgehead atoms. The van der Waals surface area contributed by atoms with Gasteiger partial charge in [0.15, 0.2) is 15.4 Å². The van der Waals surface area contributed by atoms with Crippen LogP contribution in [-0.4, -0.2) is 42.9 Å². The molecular weight excluding hydrogens is 591 g/mol. The molecule has 0 spiro atoms. The highest BCUT2D eigenvalue weighted by Crippen LogP contribution is 2.30. The quantitative estimate of drug-likeness (QED) is 0.151. The van der Waals surface area contributed by atoms with Crippen molar-refractivity contribution >= 4 is 55.3 Å². The summed E-state index contributed by atoms with van der Waals surface area (Å²) in [7, 11) is -3.73. The maximum absolute atomic E-state index is 13.9. The van der Waals surface area contributed by atoms with Crippen LogP contribution >= 0.6 is 22.7 Å². The highest BCUT2D eigenvalue weighted by molar-refractivity contribution is 7.90. The number of hydrogen-bond donors (Lipinski definition) is 2. The summed E-state index contributed by atoms with van der Waals surface area (Å²) < 4.78 is 32.5. The van der Waals surface area contributed by atoms with Gasteiger partial charge in [-0.05, 0) is 47.0 Å². The van der Waals surface area contributed by atoms with Crippen molar-refractivity contribution in [1.82, 2.24) is 15.6 Å². The van der Waals surface area contributed by atoms with Gasteiger partial charge in [-0.1, -0.05) is 67.9 Å². The molecule has 8 nitrogen and oxygen atoms in total. The Balaban J connectivity index is 1.43. The zero-order chi connectivity index (χ0) is 29.5. The topological polar surface area (TPSA) is 118 Å². The van der Waals surface area contributed by atoms with Crippen LogP contribution in [0.2, 0.25) is 0 Å². The molecule has 218 valence electrons. The number of fused-ring (bicyclic) bond motifs is 1. The third kappa shape index (κ3) is 7.40. The van der Waals surface area contributed by atoms with Crippen molar-refractivity contribution in [2.24, 2.45) is 0 Å². The molecule has 3 aromatic heterocycles. The fourth-order valence-corrected chi connectivity index (χ4v) is 7.97. The summed E-state index contributed by atoms with van der Waals surface area (Å²) in [5.41, 5.74) is 1.66. The van der Waals surface area contributed by atoms with E-state index in [2.05, 4.69) is 15.6 Å². The van der Waals surface area contributed by atoms with Crippen molar-refractivity contribution in [3.8, 4) is 0 Å². The van der Waals surface area contributed by atoms with Gasteiger partial charge >= 0.3 is 0 Å². The smallest absolute Gasteiger partial charge is 0.266 e. The molecule has 0 aliphatic rings. The van der Waals surface area contributed by atoms with Gasteiger partial charge in [0.2, 0.25) is 11.7 Å². The molecule has 0 saturated heterocycles. The van der Waals surface area contributed by atoms with Crippen LogP contribution in [-0.2, 0) is 20.4 Å². The summed E-state index contributed by atoms with van der Waals surface area (Å²) in [4.78, 5) is 33.6. The van der Waals surface area contributed by atoms with Crippen molar-refractivity contribution in [3.63, 3.8) is 0 Å². The summed E-state index contributed by atoms with van der Waals surface area (Å²) in [5, 5.41) is 10.0. The minimum atomic E-state index is -3.73. The first-order valence-corrected chi connectivity index (χ1v) is 17.2. The number of ketones is 1. The lowest BCUT2D eigenvalue weighted by molar-refractivity contribution is -0.123. The van der Waals surface area contributed by atoms with Gasteiger partial charge in [-0.2, -0.15) is 0 Å². The van der Waals surface area contributed by atoms with Crippen molar-refractivity contribution in [1.29, 1.82) is 0 Å². The van der Waals surface area contributed by atoms with Crippen LogP contribution in [0.4, 0.5) is 0 Å². The van der Waals surface area contributed by atoms with Gasteiger partial charge in [0.25, 0.3) is 5.89 Å². The Labute approximate surface area is 252 Å². The van der Waals surface area contributed by atoms with Gasteiger partial charge in [0.1, 0.15) is 11.6 Å². The zero-order valence-electron chi connectivity index (χ0n) is 22.9. The van der Waals surface area contributed by atoms with E-state index in [9.17, 15) is 18.0 Å². The van der Waals surface area contributed by atoms with Crippen LogP contribution in [0.5, 0.6) is 0 Å². The summed E-state index contributed by atoms with van der Waals surface area (Å²) in [6.45, 7) is 1.90. The SMILES string of the molecule is CCC[C@H](NC(=O)C(CS(=O)(=O)Cc1ccccc1)NC(c1cccs1)c1cccs1)C(=O)c1nc2ccccc2o1. The van der Waals surface area contributed by atoms with Crippen molar-refractivity contribution < 1.29 is 22.4 Å². The van der Waals surface area contributed by atoms with Crippen LogP contribution in [0.15, 0.2) is 94.0 Å². The third-order valence-electron chi connectivity index (χ3n) is 6.70. The van der Waals surface area contributed by atoms with Crippen LogP contribution in [0, 0.1) is 0 Å². The number of thiophene rings is 2. The number of nitrogens with zero attached hydrogens (tertiary/aromatic N) is 1. The number of Topliss-reactive ketones (excluding diaryl/α,β-unsaturated/α-hetero) is 1. The Morgan fingerprint density at radius 1 is 0.881 bits per heavy atom. The molecule has 0 saturated carbocycles. The van der Waals surface area contributed by atoms with Gasteiger partial charge < -0.3 is 9.73 Å². The average Bonchev–Trinajstić information content (AvgIpc) is 3.77. The standard InChI is InChI=1S/C31H31N3O5S3/c1-2-10-23(29(35)31-34-22-13-6-7-14-25(22)39-31)33-30(36)24(20-42(37,38)19-21-11-4-3-5-12-21)32-28(26-15-8-17-40-26)27-16-9-18-41-27/h3-9,11-18,23-24,28,32H,2,10,19-20H2,1H3,(H,33,36)/t23-,24?/m0/s1. The molecule has 0 radical (unpaired) electrons. The summed E-state index contributed by atoms with van der Waals surface area (Å²) in [6.07, 6.45) is 0.945. The van der Waals surface area contributed by atoms with Crippen molar-refractivity contribution in [2.45, 2.75) is 43.6 Å². The van der Waals surface area contributed by atoms with Crippen molar-refractivity contribution in [2.75, 3.05) is 5.75 Å². The Kier molecular flexibility index (Phi) is 9.63. The van der Waals surface area contributed by atoms with Gasteiger partial charge in [-0.25, -0.2) is 13.4 Å². The van der Waals surface area contributed by atoms with E-state index in [1.165, 1.54) is 22.7 Å². The van der Waals surface area contributed by atoms with Crippen LogP contribution in [0.3, 0.4) is 0 Å². The molecule has 0 fully saturated rings. The van der Waals surface area contributed by atoms with E-state index in [-0.39, 0.29) is 11.6 Å². The lowest BCUT2D eigenvalue weighted by Crippen LogP contribution is -2.53. The number of hydrogen-bond acceptors (Lipinski definition) is 9. The Hall–Kier alpha value is -3.64. The second-order valence-electron chi connectivity index (χ2n) is 9.92. The highest BCUT2D eigenvalue weighted by atomic mass is 32.2. The van der Waals surface area contributed by atoms with E-state index >= 15 is 0 Å². The van der Waals surface area contributed by atoms with Crippen molar-refractivity contribution in [3.05, 3.63) is 111 Å². The second kappa shape index (κ2) is 13.6. The number of carbonyl (C=O) groups excluding carboxylic acids is 2. The van der Waals surface area contributed by atoms with Gasteiger partial charge in [-0.3, -0.25) is 14.9 Å². The first-order valence-electron chi connectivity index (χ1n) is 13.6. The number of nitrogens with one attached hydrogen (secondary N) is 2.